The zero-order valence-corrected chi connectivity index (χ0v) is 21.2. The zero-order chi connectivity index (χ0) is 25.5. The van der Waals surface area contributed by atoms with Crippen molar-refractivity contribution in [1.82, 2.24) is 38.9 Å². The molecule has 188 valence electrons. The summed E-state index contributed by atoms with van der Waals surface area (Å²) in [5.74, 6) is 1.13. The van der Waals surface area contributed by atoms with E-state index in [4.69, 9.17) is 9.97 Å². The van der Waals surface area contributed by atoms with E-state index < -0.39 is 0 Å². The fourth-order valence-corrected chi connectivity index (χ4v) is 4.82. The van der Waals surface area contributed by atoms with Crippen LogP contribution in [0.1, 0.15) is 29.0 Å². The third-order valence-corrected chi connectivity index (χ3v) is 7.10. The van der Waals surface area contributed by atoms with Crippen molar-refractivity contribution in [2.75, 3.05) is 38.5 Å². The van der Waals surface area contributed by atoms with E-state index in [1.807, 2.05) is 51.4 Å². The van der Waals surface area contributed by atoms with Gasteiger partial charge in [-0.15, -0.1) is 0 Å². The molecule has 0 unspecified atom stereocenters. The minimum absolute atomic E-state index is 0.00879. The highest BCUT2D eigenvalue weighted by atomic mass is 16.2. The predicted octanol–water partition coefficient (Wildman–Crippen LogP) is 3.26. The van der Waals surface area contributed by atoms with Crippen molar-refractivity contribution in [3.63, 3.8) is 0 Å². The maximum absolute atomic E-state index is 13.5. The van der Waals surface area contributed by atoms with E-state index in [2.05, 4.69) is 46.3 Å². The second-order valence-corrected chi connectivity index (χ2v) is 9.55. The first kappa shape index (κ1) is 23.1. The molecule has 5 heterocycles. The number of nitrogens with one attached hydrogen (secondary N) is 1. The lowest BCUT2D eigenvalue weighted by atomic mass is 10.1. The van der Waals surface area contributed by atoms with Crippen molar-refractivity contribution in [1.29, 1.82) is 0 Å². The fraction of sp³-hybridized carbons (Fsp3) is 0.296. The Morgan fingerprint density at radius 3 is 2.59 bits per heavy atom. The molecule has 0 aliphatic carbocycles. The Kier molecular flexibility index (Phi) is 5.80. The molecule has 1 aromatic carbocycles. The van der Waals surface area contributed by atoms with Gasteiger partial charge in [-0.3, -0.25) is 14.3 Å². The van der Waals surface area contributed by atoms with E-state index in [0.29, 0.717) is 36.2 Å². The quantitative estimate of drug-likeness (QED) is 0.400. The number of nitrogens with zero attached hydrogens (tertiary/aromatic N) is 8. The summed E-state index contributed by atoms with van der Waals surface area (Å²) in [7, 11) is 3.97. The highest BCUT2D eigenvalue weighted by Crippen LogP contribution is 2.29. The number of carbonyl (C=O) groups excluding carboxylic acids is 1. The van der Waals surface area contributed by atoms with Gasteiger partial charge in [0, 0.05) is 45.5 Å². The van der Waals surface area contributed by atoms with Crippen LogP contribution in [-0.4, -0.2) is 78.0 Å². The molecule has 1 atom stereocenters. The van der Waals surface area contributed by atoms with Crippen molar-refractivity contribution < 1.29 is 4.79 Å². The summed E-state index contributed by atoms with van der Waals surface area (Å²) in [5.41, 5.74) is 4.03. The molecule has 0 saturated carbocycles. The molecule has 1 N–H and O–H groups in total. The van der Waals surface area contributed by atoms with Crippen molar-refractivity contribution in [2.45, 2.75) is 13.0 Å². The number of anilines is 1. The number of hydrogen-bond acceptors (Lipinski definition) is 7. The van der Waals surface area contributed by atoms with Crippen LogP contribution in [0.15, 0.2) is 61.2 Å². The number of amides is 1. The minimum atomic E-state index is -0.00895. The summed E-state index contributed by atoms with van der Waals surface area (Å²) in [4.78, 5) is 36.2. The summed E-state index contributed by atoms with van der Waals surface area (Å²) in [5, 5.41) is 4.37. The Labute approximate surface area is 214 Å². The van der Waals surface area contributed by atoms with Crippen LogP contribution in [0.5, 0.6) is 0 Å². The van der Waals surface area contributed by atoms with Gasteiger partial charge >= 0.3 is 0 Å². The van der Waals surface area contributed by atoms with Gasteiger partial charge in [0.1, 0.15) is 23.5 Å². The van der Waals surface area contributed by atoms with Gasteiger partial charge in [-0.1, -0.05) is 30.3 Å². The molecule has 1 amide bonds. The maximum Gasteiger partial charge on any atom is 0.270 e. The Bertz CT molecular complexity index is 1580. The molecule has 1 saturated heterocycles. The average molecular weight is 496 g/mol. The highest BCUT2D eigenvalue weighted by Gasteiger charge is 2.26. The molecule has 1 fully saturated rings. The van der Waals surface area contributed by atoms with Crippen LogP contribution in [0.3, 0.4) is 0 Å². The molecule has 10 nitrogen and oxygen atoms in total. The Morgan fingerprint density at radius 1 is 1.03 bits per heavy atom. The molecule has 6 rings (SSSR count). The molecule has 10 heteroatoms. The third kappa shape index (κ3) is 4.19. The lowest BCUT2D eigenvalue weighted by molar-refractivity contribution is 0.0655. The Hall–Kier alpha value is -4.31. The van der Waals surface area contributed by atoms with E-state index in [-0.39, 0.29) is 11.9 Å². The highest BCUT2D eigenvalue weighted by molar-refractivity contribution is 6.01. The second kappa shape index (κ2) is 9.29. The number of carbonyl (C=O) groups is 1. The largest absolute Gasteiger partial charge is 0.363 e. The van der Waals surface area contributed by atoms with Crippen molar-refractivity contribution in [2.24, 2.45) is 7.05 Å². The standard InChI is InChI=1S/C27H29N9O/c1-18(19-7-5-4-6-8-19)30-24-20-15-22(26(37)35-13-11-33(2)12-14-35)34(3)25(20)32-27(31-24)36-17-29-21-9-10-28-16-23(21)36/h4-10,15-18H,11-14H2,1-3H3,(H,30,31,32)/t18-/m0/s1. The van der Waals surface area contributed by atoms with Gasteiger partial charge in [0.25, 0.3) is 5.91 Å². The average Bonchev–Trinajstić information content (AvgIpc) is 3.51. The Morgan fingerprint density at radius 2 is 1.81 bits per heavy atom. The molecule has 4 aromatic heterocycles. The van der Waals surface area contributed by atoms with Crippen LogP contribution in [0.4, 0.5) is 5.82 Å². The summed E-state index contributed by atoms with van der Waals surface area (Å²) in [6, 6.07) is 14.0. The van der Waals surface area contributed by atoms with E-state index in [1.165, 1.54) is 0 Å². The van der Waals surface area contributed by atoms with Crippen LogP contribution in [0.2, 0.25) is 0 Å². The maximum atomic E-state index is 13.5. The number of rotatable bonds is 5. The molecule has 0 radical (unpaired) electrons. The topological polar surface area (TPSA) is 97.0 Å². The van der Waals surface area contributed by atoms with Crippen molar-refractivity contribution in [3.05, 3.63) is 72.4 Å². The van der Waals surface area contributed by atoms with E-state index in [9.17, 15) is 4.79 Å². The van der Waals surface area contributed by atoms with E-state index in [0.717, 1.165) is 35.1 Å². The van der Waals surface area contributed by atoms with Crippen molar-refractivity contribution in [3.8, 4) is 5.95 Å². The molecular weight excluding hydrogens is 466 g/mol. The van der Waals surface area contributed by atoms with Gasteiger partial charge in [-0.2, -0.15) is 9.97 Å². The number of aromatic nitrogens is 6. The van der Waals surface area contributed by atoms with Crippen LogP contribution >= 0.6 is 0 Å². The smallest absolute Gasteiger partial charge is 0.270 e. The van der Waals surface area contributed by atoms with Gasteiger partial charge < -0.3 is 19.7 Å². The summed E-state index contributed by atoms with van der Waals surface area (Å²) >= 11 is 0. The van der Waals surface area contributed by atoms with E-state index >= 15 is 0 Å². The van der Waals surface area contributed by atoms with E-state index in [1.54, 1.807) is 18.7 Å². The monoisotopic (exact) mass is 495 g/mol. The minimum Gasteiger partial charge on any atom is -0.363 e. The van der Waals surface area contributed by atoms with Gasteiger partial charge in [-0.25, -0.2) is 4.98 Å². The van der Waals surface area contributed by atoms with Gasteiger partial charge in [0.2, 0.25) is 5.95 Å². The first-order valence-electron chi connectivity index (χ1n) is 12.4. The number of fused-ring (bicyclic) bond motifs is 2. The number of aryl methyl sites for hydroxylation is 1. The van der Waals surface area contributed by atoms with Gasteiger partial charge in [0.15, 0.2) is 0 Å². The number of likely N-dealkylation sites (N-methyl/N-ethyl adjacent to an activating group) is 1. The molecule has 0 bridgehead atoms. The number of piperazine rings is 1. The Balaban J connectivity index is 1.47. The zero-order valence-electron chi connectivity index (χ0n) is 21.2. The molecule has 5 aromatic rings. The third-order valence-electron chi connectivity index (χ3n) is 7.10. The second-order valence-electron chi connectivity index (χ2n) is 9.55. The van der Waals surface area contributed by atoms with Crippen LogP contribution < -0.4 is 5.32 Å². The molecule has 1 aliphatic rings. The van der Waals surface area contributed by atoms with Gasteiger partial charge in [0.05, 0.1) is 22.6 Å². The van der Waals surface area contributed by atoms with Crippen LogP contribution in [0, 0.1) is 0 Å². The summed E-state index contributed by atoms with van der Waals surface area (Å²) < 4.78 is 3.70. The van der Waals surface area contributed by atoms with Crippen molar-refractivity contribution >= 4 is 33.8 Å². The molecule has 37 heavy (non-hydrogen) atoms. The fourth-order valence-electron chi connectivity index (χ4n) is 4.82. The lowest BCUT2D eigenvalue weighted by Gasteiger charge is -2.32. The number of imidazole rings is 1. The lowest BCUT2D eigenvalue weighted by Crippen LogP contribution is -2.47. The molecular formula is C27H29N9O. The van der Waals surface area contributed by atoms with Gasteiger partial charge in [-0.05, 0) is 31.7 Å². The first-order chi connectivity index (χ1) is 18.0. The van der Waals surface area contributed by atoms with Crippen LogP contribution in [0.25, 0.3) is 28.0 Å². The normalized spacial score (nSPS) is 15.4. The number of benzene rings is 1. The first-order valence-corrected chi connectivity index (χ1v) is 12.4. The SMILES string of the molecule is C[C@H](Nc1nc(-n2cnc3ccncc32)nc2c1cc(C(=O)N1CCN(C)CC1)n2C)c1ccccc1. The number of hydrogen-bond donors (Lipinski definition) is 1. The predicted molar refractivity (Wildman–Crippen MR) is 143 cm³/mol. The summed E-state index contributed by atoms with van der Waals surface area (Å²) in [6.07, 6.45) is 5.17. The summed E-state index contributed by atoms with van der Waals surface area (Å²) in [6.45, 7) is 5.24. The molecule has 1 aliphatic heterocycles. The number of pyridine rings is 1. The molecule has 0 spiro atoms. The van der Waals surface area contributed by atoms with Crippen LogP contribution in [-0.2, 0) is 7.05 Å².